The monoisotopic (exact) mass is 210 g/mol. The van der Waals surface area contributed by atoms with Gasteiger partial charge in [0.2, 0.25) is 0 Å². The predicted molar refractivity (Wildman–Crippen MR) is 63.0 cm³/mol. The van der Waals surface area contributed by atoms with Crippen LogP contribution in [-0.4, -0.2) is 20.1 Å². The van der Waals surface area contributed by atoms with Gasteiger partial charge in [-0.3, -0.25) is 0 Å². The molecule has 0 aromatic carbocycles. The molecule has 1 aromatic rings. The maximum Gasteiger partial charge on any atom is 0.0935 e. The van der Waals surface area contributed by atoms with Crippen LogP contribution in [0, 0.1) is 12.3 Å². The predicted octanol–water partition coefficient (Wildman–Crippen LogP) is 2.23. The van der Waals surface area contributed by atoms with Crippen LogP contribution < -0.4 is 10.6 Å². The second-order valence-electron chi connectivity index (χ2n) is 4.47. The molecule has 3 heteroatoms. The van der Waals surface area contributed by atoms with Crippen molar-refractivity contribution in [1.82, 2.24) is 0 Å². The molecule has 1 heterocycles. The van der Waals surface area contributed by atoms with Crippen LogP contribution in [0.1, 0.15) is 18.4 Å². The summed E-state index contributed by atoms with van der Waals surface area (Å²) in [6.07, 6.45) is 2.61. The fourth-order valence-corrected chi connectivity index (χ4v) is 2.83. The Hall–Kier alpha value is -0.540. The third kappa shape index (κ3) is 1.79. The molecule has 2 N–H and O–H groups in total. The normalized spacial score (nSPS) is 18.2. The highest BCUT2D eigenvalue weighted by Gasteiger charge is 2.42. The van der Waals surface area contributed by atoms with Crippen LogP contribution in [0.3, 0.4) is 0 Å². The summed E-state index contributed by atoms with van der Waals surface area (Å²) in [6, 6.07) is 2.18. The van der Waals surface area contributed by atoms with Crippen molar-refractivity contribution < 1.29 is 0 Å². The molecule has 0 bridgehead atoms. The largest absolute Gasteiger partial charge is 0.366 e. The van der Waals surface area contributed by atoms with E-state index < -0.39 is 0 Å². The van der Waals surface area contributed by atoms with Crippen molar-refractivity contribution in [3.05, 3.63) is 17.0 Å². The fourth-order valence-electron chi connectivity index (χ4n) is 1.93. The van der Waals surface area contributed by atoms with Crippen LogP contribution in [0.2, 0.25) is 0 Å². The van der Waals surface area contributed by atoms with Gasteiger partial charge in [-0.15, -0.1) is 11.3 Å². The number of hydrogen-bond acceptors (Lipinski definition) is 3. The summed E-state index contributed by atoms with van der Waals surface area (Å²) in [6.45, 7) is 4.12. The van der Waals surface area contributed by atoms with Gasteiger partial charge in [0, 0.05) is 19.0 Å². The van der Waals surface area contributed by atoms with Crippen molar-refractivity contribution in [2.24, 2.45) is 11.1 Å². The zero-order valence-corrected chi connectivity index (χ0v) is 9.73. The Morgan fingerprint density at radius 3 is 2.71 bits per heavy atom. The lowest BCUT2D eigenvalue weighted by Gasteiger charge is -2.24. The van der Waals surface area contributed by atoms with Crippen LogP contribution >= 0.6 is 11.3 Å². The first-order valence-corrected chi connectivity index (χ1v) is 6.00. The molecule has 0 saturated heterocycles. The molecule has 0 spiro atoms. The second kappa shape index (κ2) is 3.55. The number of anilines is 1. The lowest BCUT2D eigenvalue weighted by Crippen LogP contribution is -2.31. The van der Waals surface area contributed by atoms with E-state index in [0.717, 1.165) is 13.1 Å². The average molecular weight is 210 g/mol. The van der Waals surface area contributed by atoms with Gasteiger partial charge in [0.25, 0.3) is 0 Å². The Bertz CT molecular complexity index is 315. The molecule has 1 aliphatic rings. The second-order valence-corrected chi connectivity index (χ2v) is 5.36. The van der Waals surface area contributed by atoms with E-state index in [1.54, 1.807) is 0 Å². The van der Waals surface area contributed by atoms with Gasteiger partial charge in [0.1, 0.15) is 0 Å². The number of nitrogens with zero attached hydrogens (tertiary/aromatic N) is 1. The van der Waals surface area contributed by atoms with Crippen molar-refractivity contribution in [2.75, 3.05) is 25.0 Å². The summed E-state index contributed by atoms with van der Waals surface area (Å²) in [5.41, 5.74) is 7.60. The lowest BCUT2D eigenvalue weighted by molar-refractivity contribution is 0.524. The Kier molecular flexibility index (Phi) is 2.54. The summed E-state index contributed by atoms with van der Waals surface area (Å²) in [5.74, 6) is 0. The van der Waals surface area contributed by atoms with Gasteiger partial charge in [-0.2, -0.15) is 0 Å². The first-order chi connectivity index (χ1) is 6.67. The van der Waals surface area contributed by atoms with E-state index in [2.05, 4.69) is 30.3 Å². The Labute approximate surface area is 89.7 Å². The molecule has 78 valence electrons. The summed E-state index contributed by atoms with van der Waals surface area (Å²) in [4.78, 5) is 2.36. The first kappa shape index (κ1) is 9.99. The minimum Gasteiger partial charge on any atom is -0.366 e. The first-order valence-electron chi connectivity index (χ1n) is 5.12. The molecule has 0 radical (unpaired) electrons. The summed E-state index contributed by atoms with van der Waals surface area (Å²) >= 11 is 1.82. The topological polar surface area (TPSA) is 29.3 Å². The maximum absolute atomic E-state index is 5.79. The van der Waals surface area contributed by atoms with Gasteiger partial charge in [-0.1, -0.05) is 0 Å². The Morgan fingerprint density at radius 2 is 2.29 bits per heavy atom. The van der Waals surface area contributed by atoms with Crippen molar-refractivity contribution in [3.63, 3.8) is 0 Å². The summed E-state index contributed by atoms with van der Waals surface area (Å²) in [5, 5.41) is 3.55. The molecule has 14 heavy (non-hydrogen) atoms. The van der Waals surface area contributed by atoms with Crippen LogP contribution in [0.5, 0.6) is 0 Å². The van der Waals surface area contributed by atoms with Gasteiger partial charge >= 0.3 is 0 Å². The highest BCUT2D eigenvalue weighted by molar-refractivity contribution is 7.14. The van der Waals surface area contributed by atoms with Crippen molar-refractivity contribution in [2.45, 2.75) is 19.8 Å². The fraction of sp³-hybridized carbons (Fsp3) is 0.636. The van der Waals surface area contributed by atoms with E-state index in [-0.39, 0.29) is 0 Å². The molecule has 0 atom stereocenters. The van der Waals surface area contributed by atoms with Crippen LogP contribution in [0.4, 0.5) is 5.00 Å². The van der Waals surface area contributed by atoms with E-state index in [9.17, 15) is 0 Å². The van der Waals surface area contributed by atoms with Crippen molar-refractivity contribution in [1.29, 1.82) is 0 Å². The van der Waals surface area contributed by atoms with Gasteiger partial charge in [-0.05, 0) is 43.3 Å². The number of aryl methyl sites for hydroxylation is 1. The van der Waals surface area contributed by atoms with Gasteiger partial charge < -0.3 is 10.6 Å². The van der Waals surface area contributed by atoms with Crippen LogP contribution in [0.25, 0.3) is 0 Å². The Balaban J connectivity index is 2.03. The van der Waals surface area contributed by atoms with Gasteiger partial charge in [0.15, 0.2) is 0 Å². The molecule has 0 aliphatic heterocycles. The number of nitrogens with two attached hydrogens (primary N) is 1. The number of thiophene rings is 1. The zero-order valence-electron chi connectivity index (χ0n) is 8.92. The Morgan fingerprint density at radius 1 is 1.57 bits per heavy atom. The number of hydrogen-bond donors (Lipinski definition) is 1. The molecule has 0 unspecified atom stereocenters. The van der Waals surface area contributed by atoms with Gasteiger partial charge in [0.05, 0.1) is 5.00 Å². The molecule has 1 fully saturated rings. The molecule has 1 saturated carbocycles. The quantitative estimate of drug-likeness (QED) is 0.825. The van der Waals surface area contributed by atoms with Gasteiger partial charge in [-0.25, -0.2) is 0 Å². The summed E-state index contributed by atoms with van der Waals surface area (Å²) in [7, 11) is 2.18. The van der Waals surface area contributed by atoms with E-state index in [1.165, 1.54) is 23.4 Å². The minimum absolute atomic E-state index is 0.436. The van der Waals surface area contributed by atoms with E-state index >= 15 is 0 Å². The zero-order chi connectivity index (χ0) is 10.2. The number of rotatable bonds is 4. The molecular weight excluding hydrogens is 192 g/mol. The maximum atomic E-state index is 5.79. The highest BCUT2D eigenvalue weighted by Crippen LogP contribution is 2.46. The highest BCUT2D eigenvalue weighted by atomic mass is 32.1. The molecule has 0 amide bonds. The SMILES string of the molecule is Cc1ccsc1N(C)CC1(CN)CC1. The molecular formula is C11H18N2S. The van der Waals surface area contributed by atoms with Crippen molar-refractivity contribution >= 4 is 16.3 Å². The summed E-state index contributed by atoms with van der Waals surface area (Å²) < 4.78 is 0. The van der Waals surface area contributed by atoms with E-state index in [0.29, 0.717) is 5.41 Å². The van der Waals surface area contributed by atoms with Crippen molar-refractivity contribution in [3.8, 4) is 0 Å². The molecule has 2 rings (SSSR count). The van der Waals surface area contributed by atoms with E-state index in [4.69, 9.17) is 5.73 Å². The molecule has 2 nitrogen and oxygen atoms in total. The van der Waals surface area contributed by atoms with Crippen LogP contribution in [-0.2, 0) is 0 Å². The molecule has 1 aromatic heterocycles. The van der Waals surface area contributed by atoms with E-state index in [1.807, 2.05) is 11.3 Å². The third-order valence-corrected chi connectivity index (χ3v) is 4.27. The van der Waals surface area contributed by atoms with Crippen LogP contribution in [0.15, 0.2) is 11.4 Å². The molecule has 1 aliphatic carbocycles. The smallest absolute Gasteiger partial charge is 0.0935 e. The standard InChI is InChI=1S/C11H18N2S/c1-9-3-6-14-10(9)13(2)8-11(7-12)4-5-11/h3,6H,4-5,7-8,12H2,1-2H3. The third-order valence-electron chi connectivity index (χ3n) is 3.14. The average Bonchev–Trinajstić information content (AvgIpc) is 2.80. The minimum atomic E-state index is 0.436. The lowest BCUT2D eigenvalue weighted by atomic mass is 10.1.